The summed E-state index contributed by atoms with van der Waals surface area (Å²) in [5, 5.41) is 23.1. The standard InChI is InChI=1S/C33H27ClN2O5/c1-22-28(25-9-3-2-4-10-25)11-6-12-33(22,32-15-27(19-38)36-41-32)21-40-31-16-30(26(18-37)14-29(31)34)39-20-24-8-5-7-23(13-24)17-35/h2-16,18,22,38H,19-21H2,1H3. The number of aliphatic hydroxyl groups excluding tert-OH is 1. The molecule has 0 amide bonds. The van der Waals surface area contributed by atoms with Crippen LogP contribution < -0.4 is 9.47 Å². The molecule has 7 nitrogen and oxygen atoms in total. The van der Waals surface area contributed by atoms with Crippen molar-refractivity contribution in [3.05, 3.63) is 130 Å². The molecule has 1 N–H and O–H groups in total. The van der Waals surface area contributed by atoms with Crippen LogP contribution in [0.15, 0.2) is 95.5 Å². The number of rotatable bonds is 10. The van der Waals surface area contributed by atoms with Crippen molar-refractivity contribution >= 4 is 23.5 Å². The van der Waals surface area contributed by atoms with Crippen molar-refractivity contribution in [2.45, 2.75) is 25.6 Å². The van der Waals surface area contributed by atoms with Gasteiger partial charge in [-0.05, 0) is 34.9 Å². The molecule has 4 aromatic rings. The minimum absolute atomic E-state index is 0.106. The molecule has 0 saturated heterocycles. The lowest BCUT2D eigenvalue weighted by Gasteiger charge is -2.38. The van der Waals surface area contributed by atoms with E-state index < -0.39 is 5.41 Å². The number of hydrogen-bond donors (Lipinski definition) is 1. The van der Waals surface area contributed by atoms with Crippen LogP contribution in [0.25, 0.3) is 5.57 Å². The summed E-state index contributed by atoms with van der Waals surface area (Å²) >= 11 is 6.56. The van der Waals surface area contributed by atoms with Gasteiger partial charge in [-0.1, -0.05) is 84.4 Å². The first-order valence-corrected chi connectivity index (χ1v) is 13.4. The van der Waals surface area contributed by atoms with Gasteiger partial charge in [0.15, 0.2) is 12.0 Å². The number of hydrogen-bond acceptors (Lipinski definition) is 7. The van der Waals surface area contributed by atoms with E-state index >= 15 is 0 Å². The Morgan fingerprint density at radius 2 is 1.93 bits per heavy atom. The van der Waals surface area contributed by atoms with Gasteiger partial charge in [0.1, 0.15) is 30.4 Å². The van der Waals surface area contributed by atoms with E-state index in [9.17, 15) is 15.2 Å². The van der Waals surface area contributed by atoms with Gasteiger partial charge in [0, 0.05) is 18.1 Å². The molecule has 0 saturated carbocycles. The van der Waals surface area contributed by atoms with Crippen LogP contribution in [0.4, 0.5) is 0 Å². The summed E-state index contributed by atoms with van der Waals surface area (Å²) in [6.07, 6.45) is 6.72. The SMILES string of the molecule is CC1C(c2ccccc2)=CC=CC1(COc1cc(OCc2cccc(C#N)c2)c(C=O)cc1Cl)c1cc(CO)no1. The number of nitriles is 1. The molecule has 1 aromatic heterocycles. The van der Waals surface area contributed by atoms with Crippen LogP contribution in [-0.2, 0) is 18.6 Å². The molecule has 0 fully saturated rings. The van der Waals surface area contributed by atoms with E-state index in [1.54, 1.807) is 30.3 Å². The zero-order valence-electron chi connectivity index (χ0n) is 22.3. The Bertz CT molecular complexity index is 1650. The van der Waals surface area contributed by atoms with E-state index in [1.807, 2.05) is 36.4 Å². The van der Waals surface area contributed by atoms with E-state index in [-0.39, 0.29) is 36.3 Å². The van der Waals surface area contributed by atoms with Gasteiger partial charge in [0.2, 0.25) is 0 Å². The van der Waals surface area contributed by atoms with E-state index in [0.29, 0.717) is 34.8 Å². The molecule has 2 unspecified atom stereocenters. The number of carbonyl (C=O) groups is 1. The summed E-state index contributed by atoms with van der Waals surface area (Å²) in [5.41, 5.74) is 3.36. The molecule has 8 heteroatoms. The summed E-state index contributed by atoms with van der Waals surface area (Å²) in [6, 6.07) is 24.1. The van der Waals surface area contributed by atoms with Gasteiger partial charge in [-0.2, -0.15) is 5.26 Å². The van der Waals surface area contributed by atoms with E-state index in [4.69, 9.17) is 25.6 Å². The summed E-state index contributed by atoms with van der Waals surface area (Å²) in [4.78, 5) is 11.8. The molecule has 0 spiro atoms. The third-order valence-corrected chi connectivity index (χ3v) is 7.60. The topological polar surface area (TPSA) is 106 Å². The highest BCUT2D eigenvalue weighted by Gasteiger charge is 2.44. The van der Waals surface area contributed by atoms with Crippen LogP contribution in [0.1, 0.15) is 45.4 Å². The maximum absolute atomic E-state index is 11.8. The fraction of sp³-hybridized carbons (Fsp3) is 0.182. The van der Waals surface area contributed by atoms with Gasteiger partial charge in [-0.25, -0.2) is 0 Å². The minimum atomic E-state index is -0.786. The molecule has 0 aliphatic heterocycles. The Kier molecular flexibility index (Phi) is 8.34. The number of ether oxygens (including phenoxy) is 2. The molecular weight excluding hydrogens is 540 g/mol. The van der Waals surface area contributed by atoms with Crippen molar-refractivity contribution in [1.82, 2.24) is 5.16 Å². The molecule has 3 aromatic carbocycles. The number of halogens is 1. The highest BCUT2D eigenvalue weighted by molar-refractivity contribution is 6.32. The first-order chi connectivity index (χ1) is 20.0. The maximum atomic E-state index is 11.8. The predicted octanol–water partition coefficient (Wildman–Crippen LogP) is 6.69. The quantitative estimate of drug-likeness (QED) is 0.213. The number of aromatic nitrogens is 1. The van der Waals surface area contributed by atoms with Gasteiger partial charge >= 0.3 is 0 Å². The zero-order valence-corrected chi connectivity index (χ0v) is 23.0. The number of aldehydes is 1. The number of carbonyl (C=O) groups excluding carboxylic acids is 1. The molecule has 41 heavy (non-hydrogen) atoms. The molecule has 2 atom stereocenters. The normalized spacial score (nSPS) is 17.9. The van der Waals surface area contributed by atoms with Crippen LogP contribution in [0.5, 0.6) is 11.5 Å². The Morgan fingerprint density at radius 3 is 2.66 bits per heavy atom. The minimum Gasteiger partial charge on any atom is -0.490 e. The van der Waals surface area contributed by atoms with Crippen molar-refractivity contribution in [3.63, 3.8) is 0 Å². The molecule has 206 valence electrons. The highest BCUT2D eigenvalue weighted by atomic mass is 35.5. The monoisotopic (exact) mass is 566 g/mol. The number of allylic oxidation sites excluding steroid dienone is 3. The molecular formula is C33H27ClN2O5. The molecule has 0 radical (unpaired) electrons. The van der Waals surface area contributed by atoms with Crippen molar-refractivity contribution < 1.29 is 23.9 Å². The summed E-state index contributed by atoms with van der Waals surface area (Å²) in [6.45, 7) is 2.11. The zero-order chi connectivity index (χ0) is 28.8. The number of nitrogens with zero attached hydrogens (tertiary/aromatic N) is 2. The fourth-order valence-electron chi connectivity index (χ4n) is 4.98. The van der Waals surface area contributed by atoms with Crippen molar-refractivity contribution in [1.29, 1.82) is 5.26 Å². The van der Waals surface area contributed by atoms with E-state index in [2.05, 4.69) is 36.4 Å². The van der Waals surface area contributed by atoms with Crippen LogP contribution in [0.3, 0.4) is 0 Å². The van der Waals surface area contributed by atoms with Gasteiger partial charge in [0.05, 0.1) is 34.2 Å². The van der Waals surface area contributed by atoms with Gasteiger partial charge in [-0.3, -0.25) is 4.79 Å². The Balaban J connectivity index is 1.45. The Morgan fingerprint density at radius 1 is 1.10 bits per heavy atom. The number of aliphatic hydroxyl groups is 1. The summed E-state index contributed by atoms with van der Waals surface area (Å²) < 4.78 is 18.1. The Labute approximate surface area is 242 Å². The second-order valence-electron chi connectivity index (χ2n) is 9.78. The summed E-state index contributed by atoms with van der Waals surface area (Å²) in [7, 11) is 0. The maximum Gasteiger partial charge on any atom is 0.153 e. The molecule has 1 aliphatic carbocycles. The van der Waals surface area contributed by atoms with E-state index in [1.165, 1.54) is 6.07 Å². The van der Waals surface area contributed by atoms with Gasteiger partial charge in [0.25, 0.3) is 0 Å². The Hall–Kier alpha value is -4.64. The highest BCUT2D eigenvalue weighted by Crippen LogP contribution is 2.45. The lowest BCUT2D eigenvalue weighted by molar-refractivity contribution is 0.111. The van der Waals surface area contributed by atoms with Gasteiger partial charge in [-0.15, -0.1) is 0 Å². The molecule has 1 heterocycles. The first kappa shape index (κ1) is 27.9. The van der Waals surface area contributed by atoms with Crippen molar-refractivity contribution in [2.24, 2.45) is 5.92 Å². The summed E-state index contributed by atoms with van der Waals surface area (Å²) in [5.74, 6) is 1.07. The molecule has 5 rings (SSSR count). The number of benzene rings is 3. The lowest BCUT2D eigenvalue weighted by Crippen LogP contribution is -2.39. The van der Waals surface area contributed by atoms with Crippen molar-refractivity contribution in [2.75, 3.05) is 6.61 Å². The van der Waals surface area contributed by atoms with Crippen LogP contribution in [0.2, 0.25) is 5.02 Å². The molecule has 1 aliphatic rings. The van der Waals surface area contributed by atoms with Crippen LogP contribution in [0, 0.1) is 17.2 Å². The first-order valence-electron chi connectivity index (χ1n) is 13.0. The smallest absolute Gasteiger partial charge is 0.153 e. The average Bonchev–Trinajstić information content (AvgIpc) is 3.51. The molecule has 0 bridgehead atoms. The third-order valence-electron chi connectivity index (χ3n) is 7.30. The fourth-order valence-corrected chi connectivity index (χ4v) is 5.21. The average molecular weight is 567 g/mol. The van der Waals surface area contributed by atoms with Gasteiger partial charge < -0.3 is 19.1 Å². The second-order valence-corrected chi connectivity index (χ2v) is 10.2. The van der Waals surface area contributed by atoms with Crippen LogP contribution in [-0.4, -0.2) is 23.2 Å². The largest absolute Gasteiger partial charge is 0.490 e. The second kappa shape index (κ2) is 12.3. The van der Waals surface area contributed by atoms with E-state index in [0.717, 1.165) is 16.7 Å². The predicted molar refractivity (Wildman–Crippen MR) is 155 cm³/mol. The van der Waals surface area contributed by atoms with Crippen molar-refractivity contribution in [3.8, 4) is 17.6 Å². The van der Waals surface area contributed by atoms with Crippen LogP contribution >= 0.6 is 11.6 Å². The lowest BCUT2D eigenvalue weighted by atomic mass is 9.67. The third kappa shape index (κ3) is 5.80.